The lowest BCUT2D eigenvalue weighted by atomic mass is 9.99. The molecule has 7 rings (SSSR count). The van der Waals surface area contributed by atoms with Gasteiger partial charge in [-0.3, -0.25) is 4.79 Å². The highest BCUT2D eigenvalue weighted by atomic mass is 32.2. The van der Waals surface area contributed by atoms with Crippen LogP contribution in [0.15, 0.2) is 161 Å². The van der Waals surface area contributed by atoms with Crippen molar-refractivity contribution in [1.29, 1.82) is 0 Å². The number of benzene rings is 6. The van der Waals surface area contributed by atoms with Crippen LogP contribution in [-0.4, -0.2) is 48.4 Å². The molecule has 60 heavy (non-hydrogen) atoms. The number of carboxylic acids is 1. The summed E-state index contributed by atoms with van der Waals surface area (Å²) in [6.45, 7) is 1.98. The number of carbonyl (C=O) groups excluding carboxylic acids is 1. The molecule has 4 atom stereocenters. The number of ether oxygens (including phenoxy) is 2. The summed E-state index contributed by atoms with van der Waals surface area (Å²) in [6, 6.07) is 45.0. The molecule has 0 aromatic heterocycles. The van der Waals surface area contributed by atoms with Gasteiger partial charge in [0.05, 0.1) is 29.3 Å². The van der Waals surface area contributed by atoms with Crippen LogP contribution in [0.2, 0.25) is 0 Å². The molecule has 0 aliphatic carbocycles. The van der Waals surface area contributed by atoms with Gasteiger partial charge >= 0.3 is 5.97 Å². The zero-order valence-corrected chi connectivity index (χ0v) is 34.6. The Balaban J connectivity index is 1.07. The Morgan fingerprint density at radius 1 is 0.750 bits per heavy atom. The fraction of sp³-hybridized carbons (Fsp3) is 0.208. The minimum Gasteiger partial charge on any atom is -0.478 e. The van der Waals surface area contributed by atoms with Gasteiger partial charge in [0.25, 0.3) is 0 Å². The van der Waals surface area contributed by atoms with Crippen molar-refractivity contribution in [2.24, 2.45) is 0 Å². The van der Waals surface area contributed by atoms with Crippen LogP contribution in [0, 0.1) is 6.92 Å². The quantitative estimate of drug-likeness (QED) is 0.0705. The summed E-state index contributed by atoms with van der Waals surface area (Å²) in [4.78, 5) is 26.4. The van der Waals surface area contributed by atoms with Gasteiger partial charge in [-0.05, 0) is 83.1 Å². The van der Waals surface area contributed by atoms with Crippen LogP contribution < -0.4 is 10.0 Å². The second kappa shape index (κ2) is 19.6. The maximum absolute atomic E-state index is 13.7. The first-order valence-corrected chi connectivity index (χ1v) is 22.1. The monoisotopic (exact) mass is 842 g/mol. The van der Waals surface area contributed by atoms with Gasteiger partial charge in [-0.2, -0.15) is 4.72 Å². The number of amides is 1. The largest absolute Gasteiger partial charge is 0.478 e. The molecule has 0 spiro atoms. The molecule has 308 valence electrons. The van der Waals surface area contributed by atoms with Crippen LogP contribution >= 0.6 is 11.8 Å². The van der Waals surface area contributed by atoms with E-state index >= 15 is 0 Å². The van der Waals surface area contributed by atoms with Crippen LogP contribution in [0.25, 0.3) is 11.1 Å². The lowest BCUT2D eigenvalue weighted by molar-refractivity contribution is -0.245. The number of hydrogen-bond acceptors (Lipinski definition) is 8. The Labute approximate surface area is 354 Å². The molecule has 0 saturated carbocycles. The average Bonchev–Trinajstić information content (AvgIpc) is 3.28. The summed E-state index contributed by atoms with van der Waals surface area (Å²) in [5.74, 6) is -0.932. The number of aryl methyl sites for hydroxylation is 1. The van der Waals surface area contributed by atoms with Crippen LogP contribution in [0.5, 0.6) is 0 Å². The summed E-state index contributed by atoms with van der Waals surface area (Å²) in [5, 5.41) is 22.3. The van der Waals surface area contributed by atoms with E-state index in [1.807, 2.05) is 116 Å². The third-order valence-corrected chi connectivity index (χ3v) is 13.0. The number of nitrogens with one attached hydrogen (secondary N) is 2. The van der Waals surface area contributed by atoms with E-state index in [0.717, 1.165) is 44.5 Å². The lowest BCUT2D eigenvalue weighted by Crippen LogP contribution is -2.47. The van der Waals surface area contributed by atoms with Crippen molar-refractivity contribution in [2.45, 2.75) is 67.2 Å². The van der Waals surface area contributed by atoms with Crippen LogP contribution in [0.3, 0.4) is 0 Å². The van der Waals surface area contributed by atoms with Crippen molar-refractivity contribution in [3.8, 4) is 11.1 Å². The van der Waals surface area contributed by atoms with Gasteiger partial charge in [-0.1, -0.05) is 121 Å². The molecular formula is C48H46N2O8S2. The summed E-state index contributed by atoms with van der Waals surface area (Å²) in [6.07, 6.45) is -0.612. The average molecular weight is 843 g/mol. The van der Waals surface area contributed by atoms with E-state index in [-0.39, 0.29) is 42.2 Å². The zero-order valence-electron chi connectivity index (χ0n) is 32.9. The number of aliphatic hydroxyl groups is 1. The Morgan fingerprint density at radius 2 is 1.43 bits per heavy atom. The Hall–Kier alpha value is -5.60. The van der Waals surface area contributed by atoms with Gasteiger partial charge in [0, 0.05) is 29.2 Å². The van der Waals surface area contributed by atoms with Crippen LogP contribution in [0.1, 0.15) is 62.6 Å². The first kappa shape index (κ1) is 42.5. The molecule has 1 aliphatic rings. The van der Waals surface area contributed by atoms with E-state index in [9.17, 15) is 28.2 Å². The fourth-order valence-corrected chi connectivity index (χ4v) is 9.28. The van der Waals surface area contributed by atoms with Gasteiger partial charge < -0.3 is 25.0 Å². The SMILES string of the molecule is Cc1ccc(S(=O)(=O)NC(Cc2ccccc2)C(=O)NCc2cccc(-c3cccc(C4OC(CSc5ccccc5C(=O)O)CC(c5ccc(CO)cc5)O4)c3)c2)cc1. The molecular weight excluding hydrogens is 797 g/mol. The first-order chi connectivity index (χ1) is 29.0. The molecule has 0 bridgehead atoms. The highest BCUT2D eigenvalue weighted by molar-refractivity contribution is 7.99. The smallest absolute Gasteiger partial charge is 0.336 e. The molecule has 1 fully saturated rings. The van der Waals surface area contributed by atoms with Gasteiger partial charge in [0.1, 0.15) is 6.04 Å². The Morgan fingerprint density at radius 3 is 2.17 bits per heavy atom. The fourth-order valence-electron chi connectivity index (χ4n) is 7.02. The van der Waals surface area contributed by atoms with Gasteiger partial charge in [-0.25, -0.2) is 13.2 Å². The first-order valence-electron chi connectivity index (χ1n) is 19.6. The number of sulfonamides is 1. The molecule has 4 N–H and O–H groups in total. The number of carbonyl (C=O) groups is 2. The zero-order chi connectivity index (χ0) is 42.1. The van der Waals surface area contributed by atoms with Crippen molar-refractivity contribution in [2.75, 3.05) is 5.75 Å². The predicted molar refractivity (Wildman–Crippen MR) is 232 cm³/mol. The molecule has 1 amide bonds. The molecule has 10 nitrogen and oxygen atoms in total. The van der Waals surface area contributed by atoms with E-state index in [1.165, 1.54) is 23.9 Å². The Kier molecular flexibility index (Phi) is 13.9. The van der Waals surface area contributed by atoms with E-state index < -0.39 is 34.2 Å². The van der Waals surface area contributed by atoms with Crippen LogP contribution in [0.4, 0.5) is 0 Å². The standard InChI is InChI=1S/C48H46N2O8S2/c1-32-17-23-41(24-18-32)60(55,56)50-43(26-33-9-3-2-4-10-33)46(52)49-29-35-11-7-12-37(25-35)38-13-8-14-39(27-38)48-57-40(31-59-45-16-6-5-15-42(45)47(53)54)28-44(58-48)36-21-19-34(30-51)20-22-36/h2-25,27,40,43-44,48,50-51H,26,28-31H2,1H3,(H,49,52)(H,53,54). The number of hydrogen-bond donors (Lipinski definition) is 4. The third-order valence-electron chi connectivity index (χ3n) is 10.3. The number of aromatic carboxylic acids is 1. The van der Waals surface area contributed by atoms with Crippen molar-refractivity contribution in [3.05, 3.63) is 191 Å². The highest BCUT2D eigenvalue weighted by Crippen LogP contribution is 2.40. The number of thioether (sulfide) groups is 1. The molecule has 6 aromatic carbocycles. The minimum absolute atomic E-state index is 0.0645. The van der Waals surface area contributed by atoms with E-state index in [2.05, 4.69) is 10.0 Å². The predicted octanol–water partition coefficient (Wildman–Crippen LogP) is 8.40. The van der Waals surface area contributed by atoms with Gasteiger partial charge in [-0.15, -0.1) is 11.8 Å². The molecule has 4 unspecified atom stereocenters. The molecule has 1 heterocycles. The normalized spacial score (nSPS) is 17.1. The molecule has 12 heteroatoms. The molecule has 0 radical (unpaired) electrons. The number of aliphatic hydroxyl groups excluding tert-OH is 1. The van der Waals surface area contributed by atoms with Crippen molar-refractivity contribution >= 4 is 33.7 Å². The second-order valence-corrected chi connectivity index (χ2v) is 17.5. The summed E-state index contributed by atoms with van der Waals surface area (Å²) in [5.41, 5.74) is 7.14. The third kappa shape index (κ3) is 11.0. The van der Waals surface area contributed by atoms with E-state index in [4.69, 9.17) is 9.47 Å². The van der Waals surface area contributed by atoms with E-state index in [1.54, 1.807) is 30.3 Å². The number of carboxylic acid groups (broad SMARTS) is 1. The summed E-state index contributed by atoms with van der Waals surface area (Å²) >= 11 is 1.44. The van der Waals surface area contributed by atoms with Gasteiger partial charge in [0.2, 0.25) is 15.9 Å². The van der Waals surface area contributed by atoms with E-state index in [0.29, 0.717) is 17.1 Å². The minimum atomic E-state index is -3.99. The van der Waals surface area contributed by atoms with Gasteiger partial charge in [0.15, 0.2) is 6.29 Å². The van der Waals surface area contributed by atoms with Crippen molar-refractivity contribution < 1.29 is 37.7 Å². The van der Waals surface area contributed by atoms with Crippen LogP contribution in [-0.2, 0) is 43.9 Å². The molecule has 1 saturated heterocycles. The Bertz CT molecular complexity index is 2520. The maximum atomic E-state index is 13.7. The summed E-state index contributed by atoms with van der Waals surface area (Å²) < 4.78 is 42.6. The van der Waals surface area contributed by atoms with Crippen molar-refractivity contribution in [3.63, 3.8) is 0 Å². The maximum Gasteiger partial charge on any atom is 0.336 e. The molecule has 1 aliphatic heterocycles. The second-order valence-electron chi connectivity index (χ2n) is 14.7. The lowest BCUT2D eigenvalue weighted by Gasteiger charge is -2.36. The summed E-state index contributed by atoms with van der Waals surface area (Å²) in [7, 11) is -3.99. The highest BCUT2D eigenvalue weighted by Gasteiger charge is 2.33. The van der Waals surface area contributed by atoms with Crippen molar-refractivity contribution in [1.82, 2.24) is 10.0 Å². The number of rotatable bonds is 16. The molecule has 6 aromatic rings. The topological polar surface area (TPSA) is 151 Å².